The van der Waals surface area contributed by atoms with Gasteiger partial charge in [0.05, 0.1) is 4.08 Å². The van der Waals surface area contributed by atoms with Crippen LogP contribution in [0.1, 0.15) is 47.7 Å². The van der Waals surface area contributed by atoms with Crippen molar-refractivity contribution in [3.8, 4) is 0 Å². The molecule has 1 aliphatic carbocycles. The van der Waals surface area contributed by atoms with Crippen LogP contribution in [0, 0.1) is 12.3 Å². The summed E-state index contributed by atoms with van der Waals surface area (Å²) in [5.41, 5.74) is 2.64. The molecule has 1 aromatic heterocycles. The Balaban J connectivity index is 1.71. The molecule has 0 aromatic carbocycles. The molecule has 4 rings (SSSR count). The Morgan fingerprint density at radius 3 is 2.40 bits per heavy atom. The first-order valence-corrected chi connectivity index (χ1v) is 11.2. The summed E-state index contributed by atoms with van der Waals surface area (Å²) in [5.74, 6) is 4.12. The molecular weight excluding hydrogens is 352 g/mol. The molecule has 1 aromatic rings. The number of rotatable bonds is 1. The molecule has 6 heteroatoms. The lowest BCUT2D eigenvalue weighted by Crippen LogP contribution is -2.47. The highest BCUT2D eigenvalue weighted by molar-refractivity contribution is 8.20. The van der Waals surface area contributed by atoms with Gasteiger partial charge in [-0.2, -0.15) is 0 Å². The summed E-state index contributed by atoms with van der Waals surface area (Å²) in [4.78, 5) is 17.3. The number of thioether (sulfide) groups is 2. The van der Waals surface area contributed by atoms with Gasteiger partial charge in [-0.15, -0.1) is 23.5 Å². The van der Waals surface area contributed by atoms with Crippen LogP contribution in [0.2, 0.25) is 0 Å². The van der Waals surface area contributed by atoms with Gasteiger partial charge in [0.2, 0.25) is 0 Å². The molecule has 4 nitrogen and oxygen atoms in total. The monoisotopic (exact) mass is 380 g/mol. The summed E-state index contributed by atoms with van der Waals surface area (Å²) < 4.78 is 6.36. The van der Waals surface area contributed by atoms with Gasteiger partial charge in [0.1, 0.15) is 5.76 Å². The van der Waals surface area contributed by atoms with Crippen LogP contribution in [0.25, 0.3) is 0 Å². The quantitative estimate of drug-likeness (QED) is 0.744. The molecule has 0 atom stereocenters. The minimum absolute atomic E-state index is 0.0842. The minimum atomic E-state index is 0.0842. The average molecular weight is 381 g/mol. The van der Waals surface area contributed by atoms with Gasteiger partial charge in [0, 0.05) is 55.2 Å². The Bertz CT molecular complexity index is 684. The Morgan fingerprint density at radius 2 is 1.76 bits per heavy atom. The van der Waals surface area contributed by atoms with Crippen LogP contribution < -0.4 is 0 Å². The standard InChI is InChI=1S/C19H28N2O2S2/c1-13-15-14(11-18(2,3)12-19(15)24-9-10-25-19)23-16(13)17(22)21-7-5-20(4)6-8-21/h5-12H2,1-4H3. The van der Waals surface area contributed by atoms with Crippen molar-refractivity contribution in [1.29, 1.82) is 0 Å². The van der Waals surface area contributed by atoms with Crippen LogP contribution >= 0.6 is 23.5 Å². The maximum Gasteiger partial charge on any atom is 0.289 e. The number of likely N-dealkylation sites (N-methyl/N-ethyl adjacent to an activating group) is 1. The van der Waals surface area contributed by atoms with E-state index in [0.29, 0.717) is 5.76 Å². The van der Waals surface area contributed by atoms with Gasteiger partial charge in [-0.1, -0.05) is 13.8 Å². The van der Waals surface area contributed by atoms with Crippen molar-refractivity contribution in [3.63, 3.8) is 0 Å². The first kappa shape index (κ1) is 17.8. The van der Waals surface area contributed by atoms with E-state index in [9.17, 15) is 4.79 Å². The molecule has 3 heterocycles. The maximum absolute atomic E-state index is 13.1. The Morgan fingerprint density at radius 1 is 1.12 bits per heavy atom. The molecule has 0 unspecified atom stereocenters. The summed E-state index contributed by atoms with van der Waals surface area (Å²) in [6.07, 6.45) is 2.09. The molecule has 0 bridgehead atoms. The van der Waals surface area contributed by atoms with Crippen molar-refractivity contribution < 1.29 is 9.21 Å². The van der Waals surface area contributed by atoms with E-state index in [1.807, 2.05) is 4.90 Å². The maximum atomic E-state index is 13.1. The number of piperazine rings is 1. The second kappa shape index (κ2) is 6.24. The third-order valence-electron chi connectivity index (χ3n) is 5.69. The van der Waals surface area contributed by atoms with E-state index in [4.69, 9.17) is 4.42 Å². The number of fused-ring (bicyclic) bond motifs is 2. The van der Waals surface area contributed by atoms with E-state index >= 15 is 0 Å². The zero-order valence-corrected chi connectivity index (χ0v) is 17.3. The zero-order chi connectivity index (χ0) is 17.8. The van der Waals surface area contributed by atoms with Gasteiger partial charge in [-0.3, -0.25) is 4.79 Å². The topological polar surface area (TPSA) is 36.7 Å². The van der Waals surface area contributed by atoms with Crippen LogP contribution in [-0.4, -0.2) is 60.4 Å². The van der Waals surface area contributed by atoms with E-state index < -0.39 is 0 Å². The van der Waals surface area contributed by atoms with Gasteiger partial charge >= 0.3 is 0 Å². The Kier molecular flexibility index (Phi) is 4.44. The van der Waals surface area contributed by atoms with Gasteiger partial charge < -0.3 is 14.2 Å². The fourth-order valence-electron chi connectivity index (χ4n) is 4.47. The predicted octanol–water partition coefficient (Wildman–Crippen LogP) is 3.58. The predicted molar refractivity (Wildman–Crippen MR) is 106 cm³/mol. The molecule has 0 radical (unpaired) electrons. The first-order chi connectivity index (χ1) is 11.8. The highest BCUT2D eigenvalue weighted by Gasteiger charge is 2.50. The molecular formula is C19H28N2O2S2. The third-order valence-corrected chi connectivity index (χ3v) is 9.10. The van der Waals surface area contributed by atoms with Crippen LogP contribution in [0.4, 0.5) is 0 Å². The number of amides is 1. The zero-order valence-electron chi connectivity index (χ0n) is 15.7. The average Bonchev–Trinajstić information content (AvgIpc) is 3.11. The van der Waals surface area contributed by atoms with E-state index in [0.717, 1.165) is 50.3 Å². The van der Waals surface area contributed by atoms with Crippen LogP contribution in [0.3, 0.4) is 0 Å². The van der Waals surface area contributed by atoms with Gasteiger partial charge in [0.15, 0.2) is 5.76 Å². The summed E-state index contributed by atoms with van der Waals surface area (Å²) in [7, 11) is 2.11. The summed E-state index contributed by atoms with van der Waals surface area (Å²) in [6, 6.07) is 0. The molecule has 1 spiro atoms. The molecule has 0 saturated carbocycles. The highest BCUT2D eigenvalue weighted by Crippen LogP contribution is 2.62. The van der Waals surface area contributed by atoms with Crippen LogP contribution in [0.15, 0.2) is 4.42 Å². The Labute approximate surface area is 159 Å². The normalized spacial score (nSPS) is 25.4. The number of hydrogen-bond acceptors (Lipinski definition) is 5. The largest absolute Gasteiger partial charge is 0.455 e. The van der Waals surface area contributed by atoms with Gasteiger partial charge in [-0.25, -0.2) is 0 Å². The molecule has 2 aliphatic heterocycles. The van der Waals surface area contributed by atoms with Gasteiger partial charge in [-0.05, 0) is 25.8 Å². The summed E-state index contributed by atoms with van der Waals surface area (Å²) in [5, 5.41) is 0. The Hall–Kier alpha value is -0.590. The smallest absolute Gasteiger partial charge is 0.289 e. The van der Waals surface area contributed by atoms with E-state index in [1.165, 1.54) is 17.1 Å². The molecule has 2 fully saturated rings. The minimum Gasteiger partial charge on any atom is -0.455 e. The summed E-state index contributed by atoms with van der Waals surface area (Å²) >= 11 is 4.11. The highest BCUT2D eigenvalue weighted by atomic mass is 32.2. The van der Waals surface area contributed by atoms with Crippen molar-refractivity contribution in [2.45, 2.75) is 37.7 Å². The number of carbonyl (C=O) groups excluding carboxylic acids is 1. The number of furan rings is 1. The molecule has 3 aliphatic rings. The molecule has 1 amide bonds. The number of hydrogen-bond donors (Lipinski definition) is 0. The van der Waals surface area contributed by atoms with Crippen molar-refractivity contribution in [1.82, 2.24) is 9.80 Å². The first-order valence-electron chi connectivity index (χ1n) is 9.20. The van der Waals surface area contributed by atoms with E-state index in [-0.39, 0.29) is 15.4 Å². The van der Waals surface area contributed by atoms with Crippen molar-refractivity contribution >= 4 is 29.4 Å². The van der Waals surface area contributed by atoms with Gasteiger partial charge in [0.25, 0.3) is 5.91 Å². The second-order valence-electron chi connectivity index (χ2n) is 8.42. The van der Waals surface area contributed by atoms with Crippen LogP contribution in [-0.2, 0) is 10.5 Å². The number of carbonyl (C=O) groups is 1. The van der Waals surface area contributed by atoms with Crippen LogP contribution in [0.5, 0.6) is 0 Å². The molecule has 0 N–H and O–H groups in total. The lowest BCUT2D eigenvalue weighted by molar-refractivity contribution is 0.0628. The number of nitrogens with zero attached hydrogens (tertiary/aromatic N) is 2. The summed E-state index contributed by atoms with van der Waals surface area (Å²) in [6.45, 7) is 10.2. The van der Waals surface area contributed by atoms with E-state index in [1.54, 1.807) is 0 Å². The lowest BCUT2D eigenvalue weighted by Gasteiger charge is -2.41. The third kappa shape index (κ3) is 3.04. The SMILES string of the molecule is Cc1c(C(=O)N2CCN(C)CC2)oc2c1C1(CC(C)(C)C2)SCCS1. The van der Waals surface area contributed by atoms with E-state index in [2.05, 4.69) is 56.2 Å². The lowest BCUT2D eigenvalue weighted by atomic mass is 9.76. The second-order valence-corrected chi connectivity index (χ2v) is 11.5. The van der Waals surface area contributed by atoms with Crippen molar-refractivity contribution in [2.75, 3.05) is 44.7 Å². The fraction of sp³-hybridized carbons (Fsp3) is 0.737. The molecule has 2 saturated heterocycles. The molecule has 138 valence electrons. The van der Waals surface area contributed by atoms with Crippen molar-refractivity contribution in [3.05, 3.63) is 22.6 Å². The molecule has 25 heavy (non-hydrogen) atoms. The fourth-order valence-corrected chi connectivity index (χ4v) is 8.44. The van der Waals surface area contributed by atoms with Crippen molar-refractivity contribution in [2.24, 2.45) is 5.41 Å².